The van der Waals surface area contributed by atoms with Gasteiger partial charge in [-0.3, -0.25) is 29.4 Å². The zero-order valence-corrected chi connectivity index (χ0v) is 14.3. The number of carbonyl (C=O) groups is 5. The second-order valence-electron chi connectivity index (χ2n) is 6.77. The highest BCUT2D eigenvalue weighted by atomic mass is 16.5. The topological polar surface area (TPSA) is 136 Å². The van der Waals surface area contributed by atoms with Crippen LogP contribution in [-0.2, 0) is 23.9 Å². The van der Waals surface area contributed by atoms with Crippen molar-refractivity contribution in [2.24, 2.45) is 23.5 Å². The Morgan fingerprint density at radius 3 is 2.12 bits per heavy atom. The van der Waals surface area contributed by atoms with Gasteiger partial charge in [0, 0.05) is 0 Å². The van der Waals surface area contributed by atoms with Gasteiger partial charge in [0.25, 0.3) is 5.91 Å². The molecule has 0 aromatic rings. The number of likely N-dealkylation sites (tertiary alicyclic amines) is 1. The molecule has 2 aliphatic rings. The van der Waals surface area contributed by atoms with Gasteiger partial charge in [0.05, 0.1) is 11.8 Å². The third kappa shape index (κ3) is 4.15. The van der Waals surface area contributed by atoms with Gasteiger partial charge in [-0.25, -0.2) is 4.79 Å². The molecule has 2 fully saturated rings. The van der Waals surface area contributed by atoms with Crippen LogP contribution in [0.4, 0.5) is 4.79 Å². The Hall–Kier alpha value is -2.45. The molecule has 9 nitrogen and oxygen atoms in total. The minimum atomic E-state index is -1.24. The minimum absolute atomic E-state index is 0.352. The molecular weight excluding hydrogens is 330 g/mol. The van der Waals surface area contributed by atoms with Crippen molar-refractivity contribution in [3.8, 4) is 0 Å². The maximum absolute atomic E-state index is 12.3. The number of hydrogen-bond acceptors (Lipinski definition) is 6. The fraction of sp³-hybridized carbons (Fsp3) is 0.688. The minimum Gasteiger partial charge on any atom is -0.451 e. The van der Waals surface area contributed by atoms with Gasteiger partial charge in [-0.15, -0.1) is 0 Å². The summed E-state index contributed by atoms with van der Waals surface area (Å²) >= 11 is 0. The molecule has 3 atom stereocenters. The molecule has 0 aromatic heterocycles. The van der Waals surface area contributed by atoms with E-state index in [0.29, 0.717) is 12.8 Å². The van der Waals surface area contributed by atoms with Crippen molar-refractivity contribution in [1.82, 2.24) is 10.2 Å². The van der Waals surface area contributed by atoms with Gasteiger partial charge in [0.2, 0.25) is 11.8 Å². The fourth-order valence-corrected chi connectivity index (χ4v) is 3.38. The first-order valence-corrected chi connectivity index (χ1v) is 8.37. The molecular formula is C16H23N3O6. The lowest BCUT2D eigenvalue weighted by atomic mass is 9.81. The monoisotopic (exact) mass is 353 g/mol. The normalized spacial score (nSPS) is 24.0. The molecule has 5 amide bonds. The molecule has 1 aliphatic heterocycles. The van der Waals surface area contributed by atoms with Crippen LogP contribution in [0.25, 0.3) is 0 Å². The van der Waals surface area contributed by atoms with E-state index in [0.717, 1.165) is 17.7 Å². The molecule has 1 saturated heterocycles. The molecule has 1 heterocycles. The predicted molar refractivity (Wildman–Crippen MR) is 84.6 cm³/mol. The Kier molecular flexibility index (Phi) is 5.76. The van der Waals surface area contributed by atoms with Crippen LogP contribution < -0.4 is 11.1 Å². The van der Waals surface area contributed by atoms with E-state index >= 15 is 0 Å². The summed E-state index contributed by atoms with van der Waals surface area (Å²) in [5.41, 5.74) is 4.89. The summed E-state index contributed by atoms with van der Waals surface area (Å²) in [7, 11) is 0. The number of nitrogens with zero attached hydrogens (tertiary/aromatic N) is 1. The standard InChI is InChI=1S/C16H23N3O6/c1-8(2)12(13(21)18-16(17)24)25-11(20)7-19-14(22)9-5-3-4-6-10(9)15(19)23/h8-10,12H,3-7H2,1-2H3,(H3,17,18,21,24)/t9-,10-,12+/m0/s1. The van der Waals surface area contributed by atoms with Crippen molar-refractivity contribution in [2.45, 2.75) is 45.6 Å². The number of hydrogen-bond donors (Lipinski definition) is 2. The van der Waals surface area contributed by atoms with Crippen LogP contribution in [-0.4, -0.2) is 47.3 Å². The molecule has 0 radical (unpaired) electrons. The van der Waals surface area contributed by atoms with Crippen molar-refractivity contribution in [1.29, 1.82) is 0 Å². The van der Waals surface area contributed by atoms with Gasteiger partial charge in [0.1, 0.15) is 6.54 Å². The predicted octanol–water partition coefficient (Wildman–Crippen LogP) is -0.0757. The first-order valence-electron chi connectivity index (χ1n) is 8.37. The van der Waals surface area contributed by atoms with E-state index in [1.807, 2.05) is 5.32 Å². The average Bonchev–Trinajstić information content (AvgIpc) is 2.77. The van der Waals surface area contributed by atoms with Gasteiger partial charge in [-0.1, -0.05) is 26.7 Å². The highest BCUT2D eigenvalue weighted by molar-refractivity contribution is 6.07. The SMILES string of the molecule is CC(C)[C@@H](OC(=O)CN1C(=O)[C@H]2CCCC[C@@H]2C1=O)C(=O)NC(N)=O. The molecule has 0 aromatic carbocycles. The average molecular weight is 353 g/mol. The molecule has 138 valence electrons. The second-order valence-corrected chi connectivity index (χ2v) is 6.77. The van der Waals surface area contributed by atoms with Gasteiger partial charge in [-0.2, -0.15) is 0 Å². The number of amides is 5. The number of ether oxygens (including phenoxy) is 1. The van der Waals surface area contributed by atoms with Gasteiger partial charge in [0.15, 0.2) is 6.10 Å². The summed E-state index contributed by atoms with van der Waals surface area (Å²) in [6, 6.07) is -1.05. The molecule has 2 rings (SSSR count). The molecule has 0 bridgehead atoms. The van der Waals surface area contributed by atoms with E-state index in [-0.39, 0.29) is 23.7 Å². The summed E-state index contributed by atoms with van der Waals surface area (Å²) in [6.07, 6.45) is 1.84. The van der Waals surface area contributed by atoms with Gasteiger partial charge >= 0.3 is 12.0 Å². The third-order valence-corrected chi connectivity index (χ3v) is 4.59. The summed E-state index contributed by atoms with van der Waals surface area (Å²) in [6.45, 7) is 2.72. The van der Waals surface area contributed by atoms with E-state index in [1.165, 1.54) is 0 Å². The maximum atomic E-state index is 12.3. The van der Waals surface area contributed by atoms with Crippen molar-refractivity contribution in [3.05, 3.63) is 0 Å². The van der Waals surface area contributed by atoms with E-state index < -0.39 is 36.5 Å². The smallest absolute Gasteiger partial charge is 0.326 e. The van der Waals surface area contributed by atoms with Crippen LogP contribution in [0, 0.1) is 17.8 Å². The van der Waals surface area contributed by atoms with Crippen molar-refractivity contribution >= 4 is 29.7 Å². The number of fused-ring (bicyclic) bond motifs is 1. The third-order valence-electron chi connectivity index (χ3n) is 4.59. The van der Waals surface area contributed by atoms with Crippen LogP contribution in [0.1, 0.15) is 39.5 Å². The number of esters is 1. The number of carbonyl (C=O) groups excluding carboxylic acids is 5. The molecule has 1 saturated carbocycles. The summed E-state index contributed by atoms with van der Waals surface area (Å²) in [5, 5.41) is 1.86. The Labute approximate surface area is 145 Å². The summed E-state index contributed by atoms with van der Waals surface area (Å²) in [4.78, 5) is 60.4. The Balaban J connectivity index is 2.00. The van der Waals surface area contributed by atoms with Crippen molar-refractivity contribution in [3.63, 3.8) is 0 Å². The van der Waals surface area contributed by atoms with E-state index in [4.69, 9.17) is 10.5 Å². The number of nitrogens with one attached hydrogen (secondary N) is 1. The molecule has 9 heteroatoms. The van der Waals surface area contributed by atoms with Crippen LogP contribution >= 0.6 is 0 Å². The van der Waals surface area contributed by atoms with Crippen LogP contribution in [0.2, 0.25) is 0 Å². The van der Waals surface area contributed by atoms with Crippen LogP contribution in [0.5, 0.6) is 0 Å². The highest BCUT2D eigenvalue weighted by Crippen LogP contribution is 2.37. The number of urea groups is 1. The first-order chi connectivity index (χ1) is 11.7. The molecule has 3 N–H and O–H groups in total. The van der Waals surface area contributed by atoms with Gasteiger partial charge in [-0.05, 0) is 18.8 Å². The fourth-order valence-electron chi connectivity index (χ4n) is 3.38. The van der Waals surface area contributed by atoms with E-state index in [2.05, 4.69) is 0 Å². The Bertz CT molecular complexity index is 579. The molecule has 1 aliphatic carbocycles. The molecule has 25 heavy (non-hydrogen) atoms. The largest absolute Gasteiger partial charge is 0.451 e. The lowest BCUT2D eigenvalue weighted by Gasteiger charge is -2.21. The van der Waals surface area contributed by atoms with Crippen LogP contribution in [0.15, 0.2) is 0 Å². The second kappa shape index (κ2) is 7.62. The molecule has 0 spiro atoms. The summed E-state index contributed by atoms with van der Waals surface area (Å²) in [5.74, 6) is -3.55. The first kappa shape index (κ1) is 18.9. The maximum Gasteiger partial charge on any atom is 0.326 e. The number of nitrogens with two attached hydrogens (primary N) is 1. The number of imide groups is 2. The van der Waals surface area contributed by atoms with Crippen LogP contribution in [0.3, 0.4) is 0 Å². The summed E-state index contributed by atoms with van der Waals surface area (Å²) < 4.78 is 5.08. The zero-order chi connectivity index (χ0) is 18.7. The number of rotatable bonds is 5. The van der Waals surface area contributed by atoms with Gasteiger partial charge < -0.3 is 10.5 Å². The molecule has 0 unspecified atom stereocenters. The van der Waals surface area contributed by atoms with E-state index in [1.54, 1.807) is 13.8 Å². The highest BCUT2D eigenvalue weighted by Gasteiger charge is 2.48. The Morgan fingerprint density at radius 1 is 1.16 bits per heavy atom. The lowest BCUT2D eigenvalue weighted by Crippen LogP contribution is -2.47. The number of primary amides is 1. The van der Waals surface area contributed by atoms with Crippen molar-refractivity contribution in [2.75, 3.05) is 6.54 Å². The van der Waals surface area contributed by atoms with Crippen molar-refractivity contribution < 1.29 is 28.7 Å². The zero-order valence-electron chi connectivity index (χ0n) is 14.3. The lowest BCUT2D eigenvalue weighted by molar-refractivity contribution is -0.162. The Morgan fingerprint density at radius 2 is 1.68 bits per heavy atom. The van der Waals surface area contributed by atoms with E-state index in [9.17, 15) is 24.0 Å². The quantitative estimate of drug-likeness (QED) is 0.524.